The van der Waals surface area contributed by atoms with E-state index in [2.05, 4.69) is 5.32 Å². The molecule has 2 aromatic carbocycles. The SMILES string of the molecule is CC(=O)N[C@@H]1[C@H](OCc2ccccc2)O[C@@H]2CO[C@H](c3ccccc3)O[C@H]2[C@@H]1OCCC(=O)OC(C)(C)C. The number of nitrogens with one attached hydrogen (secondary N) is 1. The average Bonchev–Trinajstić information content (AvgIpc) is 2.88. The van der Waals surface area contributed by atoms with Crippen LogP contribution in [0.15, 0.2) is 60.7 Å². The summed E-state index contributed by atoms with van der Waals surface area (Å²) in [6, 6.07) is 18.6. The van der Waals surface area contributed by atoms with Crippen LogP contribution in [-0.4, -0.2) is 61.3 Å². The summed E-state index contributed by atoms with van der Waals surface area (Å²) in [5, 5.41) is 2.93. The first-order valence-corrected chi connectivity index (χ1v) is 12.9. The van der Waals surface area contributed by atoms with E-state index in [1.165, 1.54) is 6.92 Å². The summed E-state index contributed by atoms with van der Waals surface area (Å²) in [5.41, 5.74) is 1.22. The molecule has 0 aromatic heterocycles. The molecule has 2 aliphatic heterocycles. The fraction of sp³-hybridized carbons (Fsp3) is 0.517. The standard InChI is InChI=1S/C29H37NO8/c1-19(31)30-24-26(33-16-15-23(32)38-29(2,3)4)25-22(18-35-27(37-25)21-13-9-6-10-14-21)36-28(24)34-17-20-11-7-5-8-12-20/h5-14,22,24-28H,15-18H2,1-4H3,(H,30,31)/t22-,24+,25-,26-,27+,28-/m1/s1. The third kappa shape index (κ3) is 7.85. The fourth-order valence-electron chi connectivity index (χ4n) is 4.50. The Balaban J connectivity index is 1.53. The summed E-state index contributed by atoms with van der Waals surface area (Å²) in [6.45, 7) is 7.47. The Bertz CT molecular complexity index is 1040. The Hall–Kier alpha value is -2.82. The highest BCUT2D eigenvalue weighted by Gasteiger charge is 2.51. The highest BCUT2D eigenvalue weighted by Crippen LogP contribution is 2.36. The average molecular weight is 528 g/mol. The molecule has 2 saturated heterocycles. The lowest BCUT2D eigenvalue weighted by Crippen LogP contribution is -2.67. The molecule has 6 atom stereocenters. The van der Waals surface area contributed by atoms with Gasteiger partial charge in [0.15, 0.2) is 12.6 Å². The van der Waals surface area contributed by atoms with E-state index >= 15 is 0 Å². The topological polar surface area (TPSA) is 102 Å². The number of ether oxygens (including phenoxy) is 6. The first-order chi connectivity index (χ1) is 18.2. The van der Waals surface area contributed by atoms with Crippen molar-refractivity contribution in [3.63, 3.8) is 0 Å². The van der Waals surface area contributed by atoms with Crippen LogP contribution in [0.4, 0.5) is 0 Å². The van der Waals surface area contributed by atoms with Gasteiger partial charge in [-0.3, -0.25) is 9.59 Å². The van der Waals surface area contributed by atoms with Crippen LogP contribution in [0.1, 0.15) is 51.5 Å². The number of amides is 1. The normalized spacial score (nSPS) is 27.3. The molecule has 0 saturated carbocycles. The van der Waals surface area contributed by atoms with Gasteiger partial charge in [-0.15, -0.1) is 0 Å². The summed E-state index contributed by atoms with van der Waals surface area (Å²) in [6.07, 6.45) is -3.16. The van der Waals surface area contributed by atoms with Gasteiger partial charge in [-0.05, 0) is 26.3 Å². The molecule has 0 bridgehead atoms. The second-order valence-corrected chi connectivity index (χ2v) is 10.4. The number of esters is 1. The summed E-state index contributed by atoms with van der Waals surface area (Å²) >= 11 is 0. The molecule has 9 nitrogen and oxygen atoms in total. The van der Waals surface area contributed by atoms with Gasteiger partial charge < -0.3 is 33.7 Å². The minimum Gasteiger partial charge on any atom is -0.460 e. The monoisotopic (exact) mass is 527 g/mol. The van der Waals surface area contributed by atoms with Crippen LogP contribution >= 0.6 is 0 Å². The molecule has 4 rings (SSSR count). The van der Waals surface area contributed by atoms with Gasteiger partial charge in [0, 0.05) is 12.5 Å². The van der Waals surface area contributed by atoms with Gasteiger partial charge in [0.05, 0.1) is 26.2 Å². The number of carbonyl (C=O) groups is 2. The zero-order valence-electron chi connectivity index (χ0n) is 22.3. The van der Waals surface area contributed by atoms with Crippen LogP contribution in [0.3, 0.4) is 0 Å². The van der Waals surface area contributed by atoms with E-state index in [1.54, 1.807) is 0 Å². The van der Waals surface area contributed by atoms with Gasteiger partial charge in [-0.2, -0.15) is 0 Å². The number of benzene rings is 2. The van der Waals surface area contributed by atoms with Gasteiger partial charge in [0.2, 0.25) is 5.91 Å². The van der Waals surface area contributed by atoms with Crippen molar-refractivity contribution in [1.82, 2.24) is 5.32 Å². The number of hydrogen-bond donors (Lipinski definition) is 1. The molecule has 206 valence electrons. The van der Waals surface area contributed by atoms with E-state index in [0.29, 0.717) is 0 Å². The van der Waals surface area contributed by atoms with Crippen LogP contribution < -0.4 is 5.32 Å². The van der Waals surface area contributed by atoms with E-state index < -0.39 is 42.5 Å². The second kappa shape index (κ2) is 12.8. The van der Waals surface area contributed by atoms with Crippen LogP contribution in [-0.2, 0) is 44.6 Å². The van der Waals surface area contributed by atoms with Gasteiger partial charge in [0.25, 0.3) is 0 Å². The van der Waals surface area contributed by atoms with E-state index in [1.807, 2.05) is 81.4 Å². The number of carbonyl (C=O) groups excluding carboxylic acids is 2. The third-order valence-electron chi connectivity index (χ3n) is 6.07. The van der Waals surface area contributed by atoms with Crippen molar-refractivity contribution < 1.29 is 38.0 Å². The Morgan fingerprint density at radius 1 is 0.974 bits per heavy atom. The molecule has 2 aromatic rings. The molecule has 1 amide bonds. The lowest BCUT2D eigenvalue weighted by atomic mass is 9.95. The predicted molar refractivity (Wildman–Crippen MR) is 138 cm³/mol. The van der Waals surface area contributed by atoms with Crippen molar-refractivity contribution in [3.05, 3.63) is 71.8 Å². The maximum absolute atomic E-state index is 12.3. The Labute approximate surface area is 223 Å². The Morgan fingerprint density at radius 2 is 1.66 bits per heavy atom. The van der Waals surface area contributed by atoms with E-state index in [4.69, 9.17) is 28.4 Å². The maximum Gasteiger partial charge on any atom is 0.308 e. The smallest absolute Gasteiger partial charge is 0.308 e. The summed E-state index contributed by atoms with van der Waals surface area (Å²) < 4.78 is 36.4. The van der Waals surface area contributed by atoms with Crippen molar-refractivity contribution >= 4 is 11.9 Å². The highest BCUT2D eigenvalue weighted by molar-refractivity contribution is 5.73. The zero-order valence-corrected chi connectivity index (χ0v) is 22.3. The van der Waals surface area contributed by atoms with Crippen LogP contribution in [0.5, 0.6) is 0 Å². The van der Waals surface area contributed by atoms with Crippen molar-refractivity contribution in [2.45, 2.75) is 83.3 Å². The van der Waals surface area contributed by atoms with Gasteiger partial charge in [0.1, 0.15) is 30.0 Å². The lowest BCUT2D eigenvalue weighted by Gasteiger charge is -2.49. The molecular weight excluding hydrogens is 490 g/mol. The summed E-state index contributed by atoms with van der Waals surface area (Å²) in [7, 11) is 0. The molecule has 2 fully saturated rings. The van der Waals surface area contributed by atoms with Crippen molar-refractivity contribution in [2.24, 2.45) is 0 Å². The predicted octanol–water partition coefficient (Wildman–Crippen LogP) is 3.66. The minimum atomic E-state index is -0.827. The number of rotatable bonds is 9. The van der Waals surface area contributed by atoms with Gasteiger partial charge in [-0.25, -0.2) is 0 Å². The third-order valence-corrected chi connectivity index (χ3v) is 6.07. The van der Waals surface area contributed by atoms with Crippen molar-refractivity contribution in [1.29, 1.82) is 0 Å². The van der Waals surface area contributed by atoms with Gasteiger partial charge >= 0.3 is 5.97 Å². The Morgan fingerprint density at radius 3 is 2.32 bits per heavy atom. The fourth-order valence-corrected chi connectivity index (χ4v) is 4.50. The van der Waals surface area contributed by atoms with Crippen molar-refractivity contribution in [2.75, 3.05) is 13.2 Å². The lowest BCUT2D eigenvalue weighted by molar-refractivity contribution is -0.349. The van der Waals surface area contributed by atoms with E-state index in [0.717, 1.165) is 11.1 Å². The minimum absolute atomic E-state index is 0.0486. The first-order valence-electron chi connectivity index (χ1n) is 12.9. The molecule has 0 spiro atoms. The van der Waals surface area contributed by atoms with E-state index in [-0.39, 0.29) is 38.1 Å². The summed E-state index contributed by atoms with van der Waals surface area (Å²) in [5.74, 6) is -0.637. The van der Waals surface area contributed by atoms with Crippen molar-refractivity contribution in [3.8, 4) is 0 Å². The quantitative estimate of drug-likeness (QED) is 0.493. The molecule has 0 radical (unpaired) electrons. The molecule has 0 unspecified atom stereocenters. The van der Waals surface area contributed by atoms with Crippen LogP contribution in [0, 0.1) is 0 Å². The maximum atomic E-state index is 12.3. The second-order valence-electron chi connectivity index (χ2n) is 10.4. The van der Waals surface area contributed by atoms with Crippen LogP contribution in [0.2, 0.25) is 0 Å². The largest absolute Gasteiger partial charge is 0.460 e. The molecular formula is C29H37NO8. The van der Waals surface area contributed by atoms with Crippen LogP contribution in [0.25, 0.3) is 0 Å². The number of fused-ring (bicyclic) bond motifs is 1. The Kier molecular flexibility index (Phi) is 9.51. The summed E-state index contributed by atoms with van der Waals surface area (Å²) in [4.78, 5) is 24.6. The first kappa shape index (κ1) is 28.2. The highest BCUT2D eigenvalue weighted by atomic mass is 16.7. The number of hydrogen-bond acceptors (Lipinski definition) is 8. The molecule has 0 aliphatic carbocycles. The molecule has 2 aliphatic rings. The zero-order chi connectivity index (χ0) is 27.1. The van der Waals surface area contributed by atoms with Gasteiger partial charge in [-0.1, -0.05) is 60.7 Å². The molecule has 9 heteroatoms. The van der Waals surface area contributed by atoms with E-state index in [9.17, 15) is 9.59 Å². The molecule has 38 heavy (non-hydrogen) atoms. The molecule has 1 N–H and O–H groups in total. The molecule has 2 heterocycles.